The number of fused-ring (bicyclic) bond motifs is 2. The molecule has 25 heavy (non-hydrogen) atoms. The van der Waals surface area contributed by atoms with E-state index < -0.39 is 0 Å². The van der Waals surface area contributed by atoms with Gasteiger partial charge in [0.15, 0.2) is 0 Å². The first-order chi connectivity index (χ1) is 11.6. The van der Waals surface area contributed by atoms with Crippen LogP contribution in [0.2, 0.25) is 0 Å². The van der Waals surface area contributed by atoms with E-state index >= 15 is 0 Å². The van der Waals surface area contributed by atoms with Crippen LogP contribution in [-0.4, -0.2) is 32.7 Å². The second kappa shape index (κ2) is 8.41. The van der Waals surface area contributed by atoms with E-state index in [1.807, 2.05) is 19.2 Å². The molecule has 4 atom stereocenters. The zero-order valence-electron chi connectivity index (χ0n) is 15.5. The summed E-state index contributed by atoms with van der Waals surface area (Å²) in [6.07, 6.45) is 5.58. The largest absolute Gasteiger partial charge is 0.497 e. The van der Waals surface area contributed by atoms with E-state index in [0.717, 1.165) is 24.5 Å². The average molecular weight is 367 g/mol. The molecule has 2 fully saturated rings. The molecule has 2 bridgehead atoms. The zero-order chi connectivity index (χ0) is 17.2. The van der Waals surface area contributed by atoms with E-state index in [9.17, 15) is 4.79 Å². The highest BCUT2D eigenvalue weighted by Gasteiger charge is 2.55. The topological polar surface area (TPSA) is 50.4 Å². The van der Waals surface area contributed by atoms with Crippen molar-refractivity contribution in [1.82, 2.24) is 10.6 Å². The van der Waals surface area contributed by atoms with Crippen molar-refractivity contribution in [3.8, 4) is 5.75 Å². The lowest BCUT2D eigenvalue weighted by molar-refractivity contribution is -0.134. The number of hydrogen-bond donors (Lipinski definition) is 2. The minimum absolute atomic E-state index is 0. The van der Waals surface area contributed by atoms with Crippen LogP contribution >= 0.6 is 12.4 Å². The predicted octanol–water partition coefficient (Wildman–Crippen LogP) is 3.19. The molecule has 2 aliphatic rings. The molecule has 0 saturated heterocycles. The van der Waals surface area contributed by atoms with Crippen LogP contribution in [0, 0.1) is 17.3 Å². The first-order valence-electron chi connectivity index (χ1n) is 9.16. The second-order valence-corrected chi connectivity index (χ2v) is 7.66. The van der Waals surface area contributed by atoms with Crippen LogP contribution in [0.3, 0.4) is 0 Å². The van der Waals surface area contributed by atoms with Crippen molar-refractivity contribution >= 4 is 18.3 Å². The van der Waals surface area contributed by atoms with Gasteiger partial charge in [0.05, 0.1) is 12.5 Å². The number of carbonyl (C=O) groups excluding carboxylic acids is 1. The molecule has 4 nitrogen and oxygen atoms in total. The molecule has 1 aromatic rings. The fourth-order valence-electron chi connectivity index (χ4n) is 4.69. The summed E-state index contributed by atoms with van der Waals surface area (Å²) in [6, 6.07) is 8.49. The molecule has 4 unspecified atom stereocenters. The Hall–Kier alpha value is -1.26. The third-order valence-corrected chi connectivity index (χ3v) is 6.14. The van der Waals surface area contributed by atoms with E-state index in [2.05, 4.69) is 29.7 Å². The summed E-state index contributed by atoms with van der Waals surface area (Å²) in [5, 5.41) is 6.41. The smallest absolute Gasteiger partial charge is 0.226 e. The first-order valence-corrected chi connectivity index (χ1v) is 9.16. The maximum atomic E-state index is 13.2. The monoisotopic (exact) mass is 366 g/mol. The van der Waals surface area contributed by atoms with Crippen LogP contribution in [0.5, 0.6) is 5.75 Å². The van der Waals surface area contributed by atoms with E-state index in [1.54, 1.807) is 7.11 Å². The number of benzene rings is 1. The molecule has 2 aliphatic carbocycles. The third-order valence-electron chi connectivity index (χ3n) is 6.14. The number of carbonyl (C=O) groups is 1. The van der Waals surface area contributed by atoms with Crippen molar-refractivity contribution in [1.29, 1.82) is 0 Å². The molecule has 2 saturated carbocycles. The van der Waals surface area contributed by atoms with Crippen molar-refractivity contribution in [3.05, 3.63) is 29.8 Å². The predicted molar refractivity (Wildman–Crippen MR) is 103 cm³/mol. The summed E-state index contributed by atoms with van der Waals surface area (Å²) in [7, 11) is 3.62. The number of amides is 1. The number of ether oxygens (including phenoxy) is 1. The van der Waals surface area contributed by atoms with Gasteiger partial charge in [0, 0.05) is 12.6 Å². The Labute approximate surface area is 157 Å². The van der Waals surface area contributed by atoms with E-state index in [0.29, 0.717) is 18.5 Å². The molecule has 0 radical (unpaired) electrons. The molecular weight excluding hydrogens is 336 g/mol. The van der Waals surface area contributed by atoms with Crippen molar-refractivity contribution in [2.75, 3.05) is 20.7 Å². The standard InChI is InChI=1S/C20H30N2O2.ClH/c1-14(21-2)13-22-19(23)20(12-16-7-8-17(20)9-16)11-15-5-4-6-18(10-15)24-3;/h4-6,10,14,16-17,21H,7-9,11-13H2,1-3H3,(H,22,23);1H. The summed E-state index contributed by atoms with van der Waals surface area (Å²) in [6.45, 7) is 2.78. The van der Waals surface area contributed by atoms with Gasteiger partial charge in [0.1, 0.15) is 5.75 Å². The molecule has 3 rings (SSSR count). The average Bonchev–Trinajstić information content (AvgIpc) is 3.21. The fourth-order valence-corrected chi connectivity index (χ4v) is 4.69. The Morgan fingerprint density at radius 3 is 2.80 bits per heavy atom. The summed E-state index contributed by atoms with van der Waals surface area (Å²) in [4.78, 5) is 13.2. The zero-order valence-corrected chi connectivity index (χ0v) is 16.3. The Balaban J connectivity index is 0.00000225. The van der Waals surface area contributed by atoms with Gasteiger partial charge >= 0.3 is 0 Å². The summed E-state index contributed by atoms with van der Waals surface area (Å²) < 4.78 is 5.36. The molecule has 2 N–H and O–H groups in total. The quantitative estimate of drug-likeness (QED) is 0.779. The maximum absolute atomic E-state index is 13.2. The van der Waals surface area contributed by atoms with E-state index in [1.165, 1.54) is 24.8 Å². The van der Waals surface area contributed by atoms with Gasteiger partial charge in [-0.15, -0.1) is 12.4 Å². The van der Waals surface area contributed by atoms with Crippen molar-refractivity contribution in [2.45, 2.75) is 45.1 Å². The molecule has 0 spiro atoms. The van der Waals surface area contributed by atoms with Crippen LogP contribution in [-0.2, 0) is 11.2 Å². The van der Waals surface area contributed by atoms with Gasteiger partial charge in [0.2, 0.25) is 5.91 Å². The third kappa shape index (κ3) is 4.12. The normalized spacial score (nSPS) is 28.3. The molecule has 1 amide bonds. The Morgan fingerprint density at radius 1 is 1.40 bits per heavy atom. The number of halogens is 1. The summed E-state index contributed by atoms with van der Waals surface area (Å²) in [5.74, 6) is 2.38. The van der Waals surface area contributed by atoms with Gasteiger partial charge in [-0.1, -0.05) is 18.6 Å². The number of likely N-dealkylation sites (N-methyl/N-ethyl adjacent to an activating group) is 1. The molecule has 140 valence electrons. The van der Waals surface area contributed by atoms with Crippen LogP contribution in [0.4, 0.5) is 0 Å². The number of nitrogens with one attached hydrogen (secondary N) is 2. The van der Waals surface area contributed by atoms with Gasteiger partial charge in [-0.05, 0) is 69.2 Å². The van der Waals surface area contributed by atoms with Crippen LogP contribution in [0.25, 0.3) is 0 Å². The molecule has 1 aromatic carbocycles. The highest BCUT2D eigenvalue weighted by Crippen LogP contribution is 2.57. The Kier molecular flexibility index (Phi) is 6.75. The lowest BCUT2D eigenvalue weighted by Gasteiger charge is -2.37. The minimum Gasteiger partial charge on any atom is -0.497 e. The number of rotatable bonds is 7. The molecule has 0 aromatic heterocycles. The fraction of sp³-hybridized carbons (Fsp3) is 0.650. The van der Waals surface area contributed by atoms with Crippen molar-refractivity contribution < 1.29 is 9.53 Å². The molecule has 0 heterocycles. The van der Waals surface area contributed by atoms with Crippen LogP contribution in [0.15, 0.2) is 24.3 Å². The van der Waals surface area contributed by atoms with Crippen molar-refractivity contribution in [3.63, 3.8) is 0 Å². The van der Waals surface area contributed by atoms with Crippen molar-refractivity contribution in [2.24, 2.45) is 17.3 Å². The lowest BCUT2D eigenvalue weighted by atomic mass is 9.68. The molecular formula is C20H31ClN2O2. The van der Waals surface area contributed by atoms with Crippen LogP contribution < -0.4 is 15.4 Å². The van der Waals surface area contributed by atoms with Gasteiger partial charge in [-0.3, -0.25) is 4.79 Å². The minimum atomic E-state index is -0.233. The van der Waals surface area contributed by atoms with Gasteiger partial charge in [-0.2, -0.15) is 0 Å². The SMILES string of the molecule is CNC(C)CNC(=O)C1(Cc2cccc(OC)c2)CC2CCC1C2.Cl. The van der Waals surface area contributed by atoms with E-state index in [4.69, 9.17) is 4.74 Å². The Bertz CT molecular complexity index is 595. The van der Waals surface area contributed by atoms with Gasteiger partial charge in [0.25, 0.3) is 0 Å². The maximum Gasteiger partial charge on any atom is 0.226 e. The van der Waals surface area contributed by atoms with Crippen LogP contribution in [0.1, 0.15) is 38.2 Å². The summed E-state index contributed by atoms with van der Waals surface area (Å²) in [5.41, 5.74) is 0.974. The number of hydrogen-bond acceptors (Lipinski definition) is 3. The molecule has 5 heteroatoms. The van der Waals surface area contributed by atoms with E-state index in [-0.39, 0.29) is 23.7 Å². The highest BCUT2D eigenvalue weighted by molar-refractivity contribution is 5.85. The Morgan fingerprint density at radius 2 is 2.20 bits per heavy atom. The molecule has 0 aliphatic heterocycles. The first kappa shape index (κ1) is 20.1. The number of methoxy groups -OCH3 is 1. The second-order valence-electron chi connectivity index (χ2n) is 7.66. The van der Waals surface area contributed by atoms with Gasteiger partial charge in [-0.25, -0.2) is 0 Å². The highest BCUT2D eigenvalue weighted by atomic mass is 35.5. The summed E-state index contributed by atoms with van der Waals surface area (Å²) >= 11 is 0. The van der Waals surface area contributed by atoms with Gasteiger partial charge < -0.3 is 15.4 Å². The lowest BCUT2D eigenvalue weighted by Crippen LogP contribution is -2.49.